The molecule has 0 bridgehead atoms. The van der Waals surface area contributed by atoms with Crippen molar-refractivity contribution < 1.29 is 10.2 Å². The van der Waals surface area contributed by atoms with Crippen LogP contribution in [0.15, 0.2) is 9.98 Å². The summed E-state index contributed by atoms with van der Waals surface area (Å²) in [4.78, 5) is 6.39. The molecule has 1 radical (unpaired) electrons. The van der Waals surface area contributed by atoms with Crippen molar-refractivity contribution in [3.8, 4) is 0 Å². The Morgan fingerprint density at radius 3 is 2.62 bits per heavy atom. The van der Waals surface area contributed by atoms with Crippen LogP contribution in [0.2, 0.25) is 0 Å². The Hall–Kier alpha value is -1.10. The predicted molar refractivity (Wildman–Crippen MR) is 26.9 cm³/mol. The number of nitrogens with zero attached hydrogens (tertiary/aromatic N) is 2. The van der Waals surface area contributed by atoms with Gasteiger partial charge in [0, 0.05) is 0 Å². The second-order valence-electron chi connectivity index (χ2n) is 1.14. The molecule has 8 heavy (non-hydrogen) atoms. The molecule has 1 aliphatic heterocycles. The molecule has 5 nitrogen and oxygen atoms in total. The van der Waals surface area contributed by atoms with Crippen LogP contribution in [0.1, 0.15) is 0 Å². The summed E-state index contributed by atoms with van der Waals surface area (Å²) in [6, 6.07) is -0.443. The highest BCUT2D eigenvalue weighted by atomic mass is 16.3. The van der Waals surface area contributed by atoms with Crippen LogP contribution in [0.5, 0.6) is 0 Å². The van der Waals surface area contributed by atoms with Gasteiger partial charge in [-0.3, -0.25) is 0 Å². The van der Waals surface area contributed by atoms with E-state index in [-0.39, 0.29) is 6.35 Å². The van der Waals surface area contributed by atoms with Crippen LogP contribution in [0.25, 0.3) is 0 Å². The largest absolute Gasteiger partial charge is 0.479 e. The lowest BCUT2D eigenvalue weighted by Crippen LogP contribution is -2.22. The minimum Gasteiger partial charge on any atom is -0.479 e. The average molecular weight is 114 g/mol. The van der Waals surface area contributed by atoms with Crippen molar-refractivity contribution in [2.45, 2.75) is 0 Å². The Kier molecular flexibility index (Phi) is 1.13. The number of hydrogen-bond donors (Lipinski definition) is 3. The Balaban J connectivity index is 2.63. The molecule has 5 heteroatoms. The monoisotopic (exact) mass is 114 g/mol. The molecule has 1 rings (SSSR count). The van der Waals surface area contributed by atoms with Crippen LogP contribution in [-0.2, 0) is 0 Å². The maximum absolute atomic E-state index is 8.45. The SMILES string of the molecule is O[C]1N=C(O)N=CN1. The van der Waals surface area contributed by atoms with Crippen LogP contribution >= 0.6 is 0 Å². The molecule has 0 unspecified atom stereocenters. The molecule has 0 saturated carbocycles. The maximum Gasteiger partial charge on any atom is 0.315 e. The summed E-state index contributed by atoms with van der Waals surface area (Å²) in [7, 11) is 0. The number of rotatable bonds is 0. The number of amidine groups is 1. The third-order valence-electron chi connectivity index (χ3n) is 0.580. The molecule has 0 saturated heterocycles. The molecule has 0 aliphatic carbocycles. The third-order valence-corrected chi connectivity index (χ3v) is 0.580. The zero-order chi connectivity index (χ0) is 5.98. The summed E-state index contributed by atoms with van der Waals surface area (Å²) in [5.41, 5.74) is 0. The van der Waals surface area contributed by atoms with Gasteiger partial charge in [-0.25, -0.2) is 0 Å². The summed E-state index contributed by atoms with van der Waals surface area (Å²) < 4.78 is 0. The smallest absolute Gasteiger partial charge is 0.315 e. The van der Waals surface area contributed by atoms with Crippen molar-refractivity contribution in [2.24, 2.45) is 9.98 Å². The summed E-state index contributed by atoms with van der Waals surface area (Å²) in [5.74, 6) is 0. The van der Waals surface area contributed by atoms with E-state index in [0.717, 1.165) is 6.34 Å². The first kappa shape index (κ1) is 5.04. The van der Waals surface area contributed by atoms with Crippen molar-refractivity contribution in [1.29, 1.82) is 0 Å². The quantitative estimate of drug-likeness (QED) is 0.391. The van der Waals surface area contributed by atoms with Gasteiger partial charge >= 0.3 is 12.4 Å². The second-order valence-corrected chi connectivity index (χ2v) is 1.14. The molecular formula is C3H4N3O2. The minimum atomic E-state index is -0.443. The zero-order valence-corrected chi connectivity index (χ0v) is 3.87. The molecule has 1 aliphatic rings. The van der Waals surface area contributed by atoms with Gasteiger partial charge in [-0.2, -0.15) is 9.98 Å². The molecular weight excluding hydrogens is 110 g/mol. The first-order valence-electron chi connectivity index (χ1n) is 1.91. The second kappa shape index (κ2) is 1.79. The molecule has 0 atom stereocenters. The molecule has 0 fully saturated rings. The van der Waals surface area contributed by atoms with E-state index in [1.54, 1.807) is 0 Å². The average Bonchev–Trinajstić information content (AvgIpc) is 1.64. The van der Waals surface area contributed by atoms with E-state index in [4.69, 9.17) is 10.2 Å². The van der Waals surface area contributed by atoms with Crippen LogP contribution in [0.3, 0.4) is 0 Å². The van der Waals surface area contributed by atoms with Crippen molar-refractivity contribution in [1.82, 2.24) is 5.32 Å². The van der Waals surface area contributed by atoms with Crippen LogP contribution in [-0.4, -0.2) is 22.6 Å². The highest BCUT2D eigenvalue weighted by Crippen LogP contribution is 1.92. The van der Waals surface area contributed by atoms with E-state index >= 15 is 0 Å². The zero-order valence-electron chi connectivity index (χ0n) is 3.87. The van der Waals surface area contributed by atoms with Crippen molar-refractivity contribution >= 4 is 12.4 Å². The van der Waals surface area contributed by atoms with Gasteiger partial charge in [0.15, 0.2) is 0 Å². The maximum atomic E-state index is 8.45. The Labute approximate surface area is 45.4 Å². The molecule has 0 spiro atoms. The first-order valence-corrected chi connectivity index (χ1v) is 1.91. The number of hydrogen-bond acceptors (Lipinski definition) is 4. The normalized spacial score (nSPS) is 19.9. The molecule has 0 amide bonds. The van der Waals surface area contributed by atoms with Crippen LogP contribution < -0.4 is 5.32 Å². The van der Waals surface area contributed by atoms with Crippen molar-refractivity contribution in [3.63, 3.8) is 0 Å². The van der Waals surface area contributed by atoms with Gasteiger partial charge < -0.3 is 15.5 Å². The number of nitrogens with one attached hydrogen (secondary N) is 1. The first-order chi connectivity index (χ1) is 3.79. The van der Waals surface area contributed by atoms with Gasteiger partial charge in [-0.15, -0.1) is 0 Å². The summed E-state index contributed by atoms with van der Waals surface area (Å²) >= 11 is 0. The highest BCUT2D eigenvalue weighted by molar-refractivity contribution is 5.83. The standard InChI is InChI=1S/C3H4N3O2/c7-2-4-1-5-3(8)6-2/h1,7H,(H2,4,5,6,8). The fourth-order valence-corrected chi connectivity index (χ4v) is 0.304. The van der Waals surface area contributed by atoms with Crippen molar-refractivity contribution in [2.75, 3.05) is 0 Å². The van der Waals surface area contributed by atoms with Crippen molar-refractivity contribution in [3.05, 3.63) is 6.35 Å². The lowest BCUT2D eigenvalue weighted by atomic mass is 10.8. The topological polar surface area (TPSA) is 77.2 Å². The summed E-state index contributed by atoms with van der Waals surface area (Å²) in [6.07, 6.45) is 0.787. The van der Waals surface area contributed by atoms with E-state index in [2.05, 4.69) is 15.3 Å². The van der Waals surface area contributed by atoms with E-state index < -0.39 is 6.02 Å². The lowest BCUT2D eigenvalue weighted by Gasteiger charge is -2.04. The van der Waals surface area contributed by atoms with E-state index in [0.29, 0.717) is 0 Å². The van der Waals surface area contributed by atoms with E-state index in [1.165, 1.54) is 0 Å². The molecule has 0 aromatic heterocycles. The van der Waals surface area contributed by atoms with Crippen LogP contribution in [0, 0.1) is 6.35 Å². The number of aliphatic hydroxyl groups is 2. The summed E-state index contributed by atoms with van der Waals surface area (Å²) in [5, 5.41) is 19.1. The van der Waals surface area contributed by atoms with Gasteiger partial charge in [0.05, 0.1) is 6.34 Å². The Morgan fingerprint density at radius 2 is 2.25 bits per heavy atom. The molecule has 0 aromatic carbocycles. The van der Waals surface area contributed by atoms with Gasteiger partial charge in [0.2, 0.25) is 0 Å². The summed E-state index contributed by atoms with van der Waals surface area (Å²) in [6.45, 7) is 0. The number of aliphatic imine (C=N–C) groups is 2. The molecule has 3 N–H and O–H groups in total. The fraction of sp³-hybridized carbons (Fsp3) is 0. The minimum absolute atomic E-state index is 0.350. The molecule has 1 heterocycles. The Morgan fingerprint density at radius 1 is 1.50 bits per heavy atom. The van der Waals surface area contributed by atoms with Gasteiger partial charge in [0.25, 0.3) is 0 Å². The number of aliphatic hydroxyl groups excluding tert-OH is 2. The molecule has 0 aromatic rings. The molecule has 43 valence electrons. The lowest BCUT2D eigenvalue weighted by molar-refractivity contribution is 0.280. The van der Waals surface area contributed by atoms with Gasteiger partial charge in [-0.1, -0.05) is 0 Å². The van der Waals surface area contributed by atoms with E-state index in [1.807, 2.05) is 0 Å². The predicted octanol–water partition coefficient (Wildman–Crippen LogP) is -0.649. The fourth-order valence-electron chi connectivity index (χ4n) is 0.304. The van der Waals surface area contributed by atoms with Crippen LogP contribution in [0.4, 0.5) is 0 Å². The highest BCUT2D eigenvalue weighted by Gasteiger charge is 2.05. The van der Waals surface area contributed by atoms with E-state index in [9.17, 15) is 0 Å². The van der Waals surface area contributed by atoms with Gasteiger partial charge in [-0.05, 0) is 0 Å². The Bertz CT molecular complexity index is 141. The third kappa shape index (κ3) is 0.941. The van der Waals surface area contributed by atoms with Gasteiger partial charge in [0.1, 0.15) is 0 Å².